The van der Waals surface area contributed by atoms with Crippen LogP contribution in [0.3, 0.4) is 0 Å². The molecule has 2 saturated heterocycles. The Morgan fingerprint density at radius 1 is 1.20 bits per heavy atom. The SMILES string of the molecule is CC(=O)N1C[C@@H](C(=O)O)CN2CCN(Cc3cccc(C)n3)C[C@@H]2C1. The van der Waals surface area contributed by atoms with Crippen LogP contribution in [0.15, 0.2) is 18.2 Å². The number of carboxylic acids is 1. The molecule has 0 unspecified atom stereocenters. The maximum absolute atomic E-state index is 11.9. The highest BCUT2D eigenvalue weighted by Gasteiger charge is 2.37. The number of rotatable bonds is 3. The van der Waals surface area contributed by atoms with Gasteiger partial charge in [0.05, 0.1) is 11.6 Å². The second kappa shape index (κ2) is 7.49. The van der Waals surface area contributed by atoms with Crippen molar-refractivity contribution in [2.24, 2.45) is 5.92 Å². The number of hydrogen-bond donors (Lipinski definition) is 1. The molecule has 0 aromatic carbocycles. The van der Waals surface area contributed by atoms with Crippen molar-refractivity contribution in [3.05, 3.63) is 29.6 Å². The molecule has 0 spiro atoms. The van der Waals surface area contributed by atoms with Crippen LogP contribution in [0.1, 0.15) is 18.3 Å². The molecule has 7 nitrogen and oxygen atoms in total. The monoisotopic (exact) mass is 346 g/mol. The van der Waals surface area contributed by atoms with Crippen molar-refractivity contribution < 1.29 is 14.7 Å². The van der Waals surface area contributed by atoms with Crippen LogP contribution in [0.4, 0.5) is 0 Å². The Bertz CT molecular complexity index is 651. The van der Waals surface area contributed by atoms with E-state index in [1.54, 1.807) is 4.90 Å². The van der Waals surface area contributed by atoms with Gasteiger partial charge in [0.2, 0.25) is 5.91 Å². The molecule has 0 bridgehead atoms. The van der Waals surface area contributed by atoms with E-state index in [0.29, 0.717) is 19.6 Å². The zero-order valence-electron chi connectivity index (χ0n) is 14.9. The fourth-order valence-electron chi connectivity index (χ4n) is 3.78. The van der Waals surface area contributed by atoms with Gasteiger partial charge in [-0.25, -0.2) is 0 Å². The lowest BCUT2D eigenvalue weighted by Crippen LogP contribution is -2.55. The van der Waals surface area contributed by atoms with Crippen molar-refractivity contribution >= 4 is 11.9 Å². The third-order valence-electron chi connectivity index (χ3n) is 5.14. The standard InChI is InChI=1S/C18H26N4O3/c1-13-4-3-5-16(19-13)10-20-6-7-21-8-15(18(24)25)9-22(14(2)23)12-17(21)11-20/h3-5,15,17H,6-12H2,1-2H3,(H,24,25)/t15-,17+/m0/s1. The molecule has 2 atom stereocenters. The van der Waals surface area contributed by atoms with E-state index in [-0.39, 0.29) is 11.9 Å². The van der Waals surface area contributed by atoms with Crippen LogP contribution in [0, 0.1) is 12.8 Å². The molecular formula is C18H26N4O3. The van der Waals surface area contributed by atoms with Gasteiger partial charge in [-0.15, -0.1) is 0 Å². The number of aromatic nitrogens is 1. The van der Waals surface area contributed by atoms with Gasteiger partial charge < -0.3 is 10.0 Å². The molecule has 0 aliphatic carbocycles. The van der Waals surface area contributed by atoms with Gasteiger partial charge in [0, 0.05) is 64.5 Å². The van der Waals surface area contributed by atoms with Crippen LogP contribution in [-0.2, 0) is 16.1 Å². The van der Waals surface area contributed by atoms with Crippen LogP contribution < -0.4 is 0 Å². The van der Waals surface area contributed by atoms with Crippen molar-refractivity contribution in [3.63, 3.8) is 0 Å². The molecule has 0 saturated carbocycles. The number of carboxylic acid groups (broad SMARTS) is 1. The number of aliphatic carboxylic acids is 1. The van der Waals surface area contributed by atoms with Crippen LogP contribution in [-0.4, -0.2) is 82.0 Å². The number of nitrogens with zero attached hydrogens (tertiary/aromatic N) is 4. The van der Waals surface area contributed by atoms with Crippen LogP contribution in [0.5, 0.6) is 0 Å². The largest absolute Gasteiger partial charge is 0.481 e. The van der Waals surface area contributed by atoms with E-state index in [1.165, 1.54) is 6.92 Å². The van der Waals surface area contributed by atoms with E-state index >= 15 is 0 Å². The van der Waals surface area contributed by atoms with Crippen LogP contribution >= 0.6 is 0 Å². The summed E-state index contributed by atoms with van der Waals surface area (Å²) in [5, 5.41) is 9.44. The first kappa shape index (κ1) is 17.8. The molecule has 2 aliphatic rings. The quantitative estimate of drug-likeness (QED) is 0.856. The number of amides is 1. The maximum atomic E-state index is 11.9. The van der Waals surface area contributed by atoms with Crippen molar-refractivity contribution in [2.45, 2.75) is 26.4 Å². The normalized spacial score (nSPS) is 25.3. The summed E-state index contributed by atoms with van der Waals surface area (Å²) >= 11 is 0. The lowest BCUT2D eigenvalue weighted by Gasteiger charge is -2.41. The van der Waals surface area contributed by atoms with Crippen molar-refractivity contribution in [3.8, 4) is 0 Å². The fraction of sp³-hybridized carbons (Fsp3) is 0.611. The van der Waals surface area contributed by atoms with E-state index in [2.05, 4.69) is 14.8 Å². The molecule has 1 amide bonds. The second-order valence-corrected chi connectivity index (χ2v) is 7.11. The molecule has 25 heavy (non-hydrogen) atoms. The number of carbonyl (C=O) groups is 2. The predicted octanol–water partition coefficient (Wildman–Crippen LogP) is 0.439. The van der Waals surface area contributed by atoms with Gasteiger partial charge in [0.25, 0.3) is 0 Å². The lowest BCUT2D eigenvalue weighted by molar-refractivity contribution is -0.143. The zero-order valence-corrected chi connectivity index (χ0v) is 14.9. The Morgan fingerprint density at radius 3 is 2.68 bits per heavy atom. The molecule has 1 aromatic rings. The summed E-state index contributed by atoms with van der Waals surface area (Å²) in [7, 11) is 0. The number of piperazine rings is 1. The molecule has 3 rings (SSSR count). The Kier molecular flexibility index (Phi) is 5.34. The van der Waals surface area contributed by atoms with Crippen molar-refractivity contribution in [1.82, 2.24) is 19.7 Å². The minimum atomic E-state index is -0.821. The van der Waals surface area contributed by atoms with Crippen molar-refractivity contribution in [1.29, 1.82) is 0 Å². The smallest absolute Gasteiger partial charge is 0.309 e. The molecule has 1 N–H and O–H groups in total. The van der Waals surface area contributed by atoms with Gasteiger partial charge in [-0.05, 0) is 19.1 Å². The Hall–Kier alpha value is -1.99. The fourth-order valence-corrected chi connectivity index (χ4v) is 3.78. The summed E-state index contributed by atoms with van der Waals surface area (Å²) in [6.45, 7) is 8.24. The highest BCUT2D eigenvalue weighted by Crippen LogP contribution is 2.20. The summed E-state index contributed by atoms with van der Waals surface area (Å²) in [6.07, 6.45) is 0. The van der Waals surface area contributed by atoms with Gasteiger partial charge in [0.1, 0.15) is 0 Å². The Balaban J connectivity index is 1.70. The van der Waals surface area contributed by atoms with E-state index in [0.717, 1.165) is 37.6 Å². The molecule has 7 heteroatoms. The summed E-state index contributed by atoms with van der Waals surface area (Å²) in [5.74, 6) is -1.39. The molecule has 2 aliphatic heterocycles. The molecule has 3 heterocycles. The molecule has 136 valence electrons. The summed E-state index contributed by atoms with van der Waals surface area (Å²) in [4.78, 5) is 34.2. The molecule has 2 fully saturated rings. The van der Waals surface area contributed by atoms with Crippen LogP contribution in [0.25, 0.3) is 0 Å². The predicted molar refractivity (Wildman–Crippen MR) is 93.0 cm³/mol. The van der Waals surface area contributed by atoms with Gasteiger partial charge in [-0.2, -0.15) is 0 Å². The molecular weight excluding hydrogens is 320 g/mol. The maximum Gasteiger partial charge on any atom is 0.309 e. The average Bonchev–Trinajstić information content (AvgIpc) is 2.74. The highest BCUT2D eigenvalue weighted by atomic mass is 16.4. The summed E-state index contributed by atoms with van der Waals surface area (Å²) in [6, 6.07) is 6.22. The number of hydrogen-bond acceptors (Lipinski definition) is 5. The van der Waals surface area contributed by atoms with E-state index in [9.17, 15) is 14.7 Å². The third kappa shape index (κ3) is 4.35. The highest BCUT2D eigenvalue weighted by molar-refractivity contribution is 5.75. The van der Waals surface area contributed by atoms with E-state index < -0.39 is 11.9 Å². The number of aryl methyl sites for hydroxylation is 1. The second-order valence-electron chi connectivity index (χ2n) is 7.11. The van der Waals surface area contributed by atoms with E-state index in [4.69, 9.17) is 0 Å². The zero-order chi connectivity index (χ0) is 18.0. The van der Waals surface area contributed by atoms with Gasteiger partial charge in [0.15, 0.2) is 0 Å². The Morgan fingerprint density at radius 2 is 2.00 bits per heavy atom. The molecule has 1 aromatic heterocycles. The first-order valence-corrected chi connectivity index (χ1v) is 8.79. The third-order valence-corrected chi connectivity index (χ3v) is 5.14. The Labute approximate surface area is 148 Å². The molecule has 0 radical (unpaired) electrons. The summed E-state index contributed by atoms with van der Waals surface area (Å²) in [5.41, 5.74) is 2.06. The number of pyridine rings is 1. The summed E-state index contributed by atoms with van der Waals surface area (Å²) < 4.78 is 0. The minimum absolute atomic E-state index is 0.0504. The van der Waals surface area contributed by atoms with E-state index in [1.807, 2.05) is 25.1 Å². The lowest BCUT2D eigenvalue weighted by atomic mass is 10.1. The topological polar surface area (TPSA) is 77.0 Å². The first-order valence-electron chi connectivity index (χ1n) is 8.79. The first-order chi connectivity index (χ1) is 11.9. The van der Waals surface area contributed by atoms with Gasteiger partial charge in [-0.1, -0.05) is 6.07 Å². The number of carbonyl (C=O) groups excluding carboxylic acids is 1. The van der Waals surface area contributed by atoms with Crippen molar-refractivity contribution in [2.75, 3.05) is 39.3 Å². The minimum Gasteiger partial charge on any atom is -0.481 e. The number of fused-ring (bicyclic) bond motifs is 1. The van der Waals surface area contributed by atoms with Crippen LogP contribution in [0.2, 0.25) is 0 Å². The average molecular weight is 346 g/mol. The van der Waals surface area contributed by atoms with Gasteiger partial charge >= 0.3 is 5.97 Å². The van der Waals surface area contributed by atoms with Gasteiger partial charge in [-0.3, -0.25) is 24.4 Å².